The van der Waals surface area contributed by atoms with Crippen LogP contribution in [0.1, 0.15) is 77.6 Å². The zero-order chi connectivity index (χ0) is 16.5. The Kier molecular flexibility index (Phi) is 15.4. The van der Waals surface area contributed by atoms with Crippen LogP contribution in [-0.4, -0.2) is 17.2 Å². The van der Waals surface area contributed by atoms with Crippen LogP contribution in [0.4, 0.5) is 0 Å². The zero-order valence-electron chi connectivity index (χ0n) is 13.8. The second kappa shape index (κ2) is 16.2. The third-order valence-electron chi connectivity index (χ3n) is 3.50. The molecule has 0 saturated carbocycles. The molecule has 0 aliphatic heterocycles. The fourth-order valence-corrected chi connectivity index (χ4v) is 2.17. The normalized spacial score (nSPS) is 13.2. The van der Waals surface area contributed by atoms with Crippen LogP contribution in [0.15, 0.2) is 24.3 Å². The van der Waals surface area contributed by atoms with Crippen LogP contribution in [0.5, 0.6) is 0 Å². The monoisotopic (exact) mass is 311 g/mol. The Labute approximate surface area is 134 Å². The van der Waals surface area contributed by atoms with Crippen molar-refractivity contribution >= 4 is 5.97 Å². The minimum Gasteiger partial charge on any atom is -0.481 e. The first kappa shape index (κ1) is 20.9. The van der Waals surface area contributed by atoms with Crippen molar-refractivity contribution in [2.45, 2.75) is 83.7 Å². The topological polar surface area (TPSA) is 66.4 Å². The molecule has 127 valence electrons. The van der Waals surface area contributed by atoms with Crippen molar-refractivity contribution in [2.75, 3.05) is 0 Å². The summed E-state index contributed by atoms with van der Waals surface area (Å²) in [5.41, 5.74) is 0. The second-order valence-corrected chi connectivity index (χ2v) is 5.61. The van der Waals surface area contributed by atoms with Gasteiger partial charge in [-0.05, 0) is 37.4 Å². The van der Waals surface area contributed by atoms with Crippen LogP contribution in [0.2, 0.25) is 0 Å². The Morgan fingerprint density at radius 1 is 0.955 bits per heavy atom. The minimum absolute atomic E-state index is 0.271. The van der Waals surface area contributed by atoms with Gasteiger partial charge in [0.1, 0.15) is 6.10 Å². The van der Waals surface area contributed by atoms with Crippen LogP contribution in [0.3, 0.4) is 0 Å². The predicted molar refractivity (Wildman–Crippen MR) is 87.9 cm³/mol. The summed E-state index contributed by atoms with van der Waals surface area (Å²) in [6.07, 6.45) is 17.9. The molecule has 4 heteroatoms. The third-order valence-corrected chi connectivity index (χ3v) is 3.50. The van der Waals surface area contributed by atoms with E-state index in [-0.39, 0.29) is 6.42 Å². The van der Waals surface area contributed by atoms with E-state index < -0.39 is 12.1 Å². The first-order valence-electron chi connectivity index (χ1n) is 8.54. The molecule has 0 bridgehead atoms. The summed E-state index contributed by atoms with van der Waals surface area (Å²) >= 11 is 0. The highest BCUT2D eigenvalue weighted by molar-refractivity contribution is 5.66. The summed E-state index contributed by atoms with van der Waals surface area (Å²) < 4.78 is 0. The number of carboxylic acids is 1. The number of unbranched alkanes of at least 4 members (excludes halogenated alkanes) is 8. The molecule has 0 spiro atoms. The number of aliphatic carboxylic acids is 1. The van der Waals surface area contributed by atoms with E-state index in [9.17, 15) is 10.1 Å². The molecular formula is C18H31O4. The summed E-state index contributed by atoms with van der Waals surface area (Å²) in [5, 5.41) is 19.1. The smallest absolute Gasteiger partial charge is 0.303 e. The van der Waals surface area contributed by atoms with Gasteiger partial charge in [0, 0.05) is 6.42 Å². The molecule has 0 aliphatic carbocycles. The van der Waals surface area contributed by atoms with Crippen molar-refractivity contribution in [1.82, 2.24) is 0 Å². The van der Waals surface area contributed by atoms with Gasteiger partial charge in [0.25, 0.3) is 0 Å². The lowest BCUT2D eigenvalue weighted by Crippen LogP contribution is -2.01. The van der Waals surface area contributed by atoms with E-state index in [1.807, 2.05) is 24.3 Å². The molecule has 0 aromatic rings. The summed E-state index contributed by atoms with van der Waals surface area (Å²) in [7, 11) is 0. The molecule has 1 atom stereocenters. The maximum absolute atomic E-state index is 10.6. The van der Waals surface area contributed by atoms with Gasteiger partial charge in [0.05, 0.1) is 0 Å². The Bertz CT molecular complexity index is 310. The fourth-order valence-electron chi connectivity index (χ4n) is 2.17. The minimum atomic E-state index is -0.714. The van der Waals surface area contributed by atoms with Gasteiger partial charge in [0.15, 0.2) is 0 Å². The highest BCUT2D eigenvalue weighted by Crippen LogP contribution is 2.08. The van der Waals surface area contributed by atoms with Gasteiger partial charge in [0.2, 0.25) is 0 Å². The van der Waals surface area contributed by atoms with Crippen LogP contribution in [0.25, 0.3) is 0 Å². The number of carbonyl (C=O) groups is 1. The van der Waals surface area contributed by atoms with E-state index in [0.29, 0.717) is 0 Å². The molecule has 1 unspecified atom stereocenters. The van der Waals surface area contributed by atoms with Gasteiger partial charge in [-0.3, -0.25) is 4.79 Å². The lowest BCUT2D eigenvalue weighted by molar-refractivity contribution is -0.314. The summed E-state index contributed by atoms with van der Waals surface area (Å²) in [6.45, 7) is 2.17. The van der Waals surface area contributed by atoms with Crippen LogP contribution < -0.4 is 0 Å². The number of hydrogen-bond acceptors (Lipinski definition) is 2. The average Bonchev–Trinajstić information content (AvgIpc) is 2.50. The number of rotatable bonds is 15. The third kappa shape index (κ3) is 15.3. The SMILES string of the molecule is CCCCC/C=C\C(/C=C\CCCCCCCC(=O)O)O[O]. The van der Waals surface area contributed by atoms with E-state index in [4.69, 9.17) is 5.11 Å². The molecule has 22 heavy (non-hydrogen) atoms. The van der Waals surface area contributed by atoms with Gasteiger partial charge < -0.3 is 5.11 Å². The Balaban J connectivity index is 3.56. The lowest BCUT2D eigenvalue weighted by atomic mass is 10.1. The van der Waals surface area contributed by atoms with Crippen molar-refractivity contribution in [3.05, 3.63) is 24.3 Å². The standard InChI is InChI=1S/C18H31O4/c1-2-3-4-8-11-14-17(22-21)15-12-9-6-5-7-10-13-16-18(19)20/h11-12,14-15,17H,2-10,13,16H2,1H3,(H,19,20)/b14-11-,15-12-. The maximum atomic E-state index is 10.6. The van der Waals surface area contributed by atoms with Gasteiger partial charge >= 0.3 is 5.97 Å². The van der Waals surface area contributed by atoms with E-state index in [0.717, 1.165) is 51.4 Å². The van der Waals surface area contributed by atoms with E-state index in [1.54, 1.807) is 0 Å². The number of hydrogen-bond donors (Lipinski definition) is 1. The summed E-state index contributed by atoms with van der Waals surface area (Å²) in [4.78, 5) is 14.5. The number of allylic oxidation sites excluding steroid dienone is 2. The molecule has 0 fully saturated rings. The van der Waals surface area contributed by atoms with Gasteiger partial charge in [-0.15, -0.1) is 0 Å². The molecule has 0 amide bonds. The highest BCUT2D eigenvalue weighted by atomic mass is 17.1. The van der Waals surface area contributed by atoms with Crippen LogP contribution >= 0.6 is 0 Å². The Morgan fingerprint density at radius 2 is 1.50 bits per heavy atom. The number of carboxylic acid groups (broad SMARTS) is 1. The molecule has 0 aliphatic rings. The van der Waals surface area contributed by atoms with Crippen molar-refractivity contribution in [2.24, 2.45) is 0 Å². The quantitative estimate of drug-likeness (QED) is 0.195. The highest BCUT2D eigenvalue weighted by Gasteiger charge is 1.99. The van der Waals surface area contributed by atoms with E-state index in [2.05, 4.69) is 11.8 Å². The Morgan fingerprint density at radius 3 is 2.05 bits per heavy atom. The molecule has 1 N–H and O–H groups in total. The lowest BCUT2D eigenvalue weighted by Gasteiger charge is -2.01. The molecule has 0 heterocycles. The second-order valence-electron chi connectivity index (χ2n) is 5.61. The molecule has 0 aromatic carbocycles. The van der Waals surface area contributed by atoms with Gasteiger partial charge in [-0.2, -0.15) is 4.89 Å². The summed E-state index contributed by atoms with van der Waals surface area (Å²) in [6, 6.07) is 0. The summed E-state index contributed by atoms with van der Waals surface area (Å²) in [5.74, 6) is -0.714. The zero-order valence-corrected chi connectivity index (χ0v) is 13.8. The van der Waals surface area contributed by atoms with Gasteiger partial charge in [-0.25, -0.2) is 0 Å². The maximum Gasteiger partial charge on any atom is 0.303 e. The molecule has 0 aromatic heterocycles. The van der Waals surface area contributed by atoms with E-state index >= 15 is 0 Å². The molecule has 4 nitrogen and oxygen atoms in total. The van der Waals surface area contributed by atoms with Crippen molar-refractivity contribution in [1.29, 1.82) is 0 Å². The molecule has 0 rings (SSSR count). The van der Waals surface area contributed by atoms with E-state index in [1.165, 1.54) is 12.8 Å². The van der Waals surface area contributed by atoms with Crippen molar-refractivity contribution in [3.8, 4) is 0 Å². The molecular weight excluding hydrogens is 280 g/mol. The van der Waals surface area contributed by atoms with Crippen molar-refractivity contribution in [3.63, 3.8) is 0 Å². The average molecular weight is 311 g/mol. The van der Waals surface area contributed by atoms with Crippen LogP contribution in [0, 0.1) is 0 Å². The van der Waals surface area contributed by atoms with Crippen LogP contribution in [-0.2, 0) is 14.9 Å². The van der Waals surface area contributed by atoms with Gasteiger partial charge in [-0.1, -0.05) is 63.3 Å². The predicted octanol–water partition coefficient (Wildman–Crippen LogP) is 5.23. The largest absolute Gasteiger partial charge is 0.481 e. The Hall–Kier alpha value is -1.13. The first-order valence-corrected chi connectivity index (χ1v) is 8.54. The molecule has 1 radical (unpaired) electrons. The van der Waals surface area contributed by atoms with Crippen molar-refractivity contribution < 1.29 is 20.0 Å². The fraction of sp³-hybridized carbons (Fsp3) is 0.722. The first-order chi connectivity index (χ1) is 10.7. The molecule has 0 saturated heterocycles.